The second kappa shape index (κ2) is 9.51. The Balaban J connectivity index is 1.27. The van der Waals surface area contributed by atoms with Crippen molar-refractivity contribution in [3.05, 3.63) is 71.0 Å². The Morgan fingerprint density at radius 2 is 1.73 bits per heavy atom. The average molecular weight is 444 g/mol. The van der Waals surface area contributed by atoms with Gasteiger partial charge in [0.05, 0.1) is 10.0 Å². The molecule has 1 saturated heterocycles. The number of aromatic nitrogens is 2. The van der Waals surface area contributed by atoms with E-state index in [2.05, 4.69) is 31.9 Å². The van der Waals surface area contributed by atoms with E-state index in [9.17, 15) is 4.79 Å². The zero-order valence-corrected chi connectivity index (χ0v) is 18.0. The largest absolute Gasteiger partial charge is 0.330 e. The number of halogens is 2. The molecule has 0 aliphatic carbocycles. The van der Waals surface area contributed by atoms with Crippen molar-refractivity contribution in [2.75, 3.05) is 38.0 Å². The summed E-state index contributed by atoms with van der Waals surface area (Å²) in [6, 6.07) is 15.2. The molecular formula is C22H23Cl2N5O. The molecule has 1 aromatic heterocycles. The highest BCUT2D eigenvalue weighted by atomic mass is 35.5. The van der Waals surface area contributed by atoms with Crippen molar-refractivity contribution in [3.63, 3.8) is 0 Å². The van der Waals surface area contributed by atoms with Crippen LogP contribution in [-0.4, -0.2) is 58.1 Å². The van der Waals surface area contributed by atoms with Crippen molar-refractivity contribution in [1.29, 1.82) is 0 Å². The minimum Gasteiger partial charge on any atom is -0.330 e. The van der Waals surface area contributed by atoms with E-state index >= 15 is 0 Å². The van der Waals surface area contributed by atoms with Crippen LogP contribution in [-0.2, 0) is 6.54 Å². The van der Waals surface area contributed by atoms with Crippen molar-refractivity contribution >= 4 is 34.9 Å². The fourth-order valence-corrected chi connectivity index (χ4v) is 3.84. The second-order valence-electron chi connectivity index (χ2n) is 7.20. The summed E-state index contributed by atoms with van der Waals surface area (Å²) in [7, 11) is 0. The zero-order chi connectivity index (χ0) is 20.9. The fourth-order valence-electron chi connectivity index (χ4n) is 3.54. The van der Waals surface area contributed by atoms with E-state index in [1.54, 1.807) is 18.2 Å². The first-order chi connectivity index (χ1) is 14.6. The number of hydrogen-bond donors (Lipinski definition) is 1. The van der Waals surface area contributed by atoms with Crippen LogP contribution in [0.5, 0.6) is 0 Å². The van der Waals surface area contributed by atoms with Crippen molar-refractivity contribution in [3.8, 4) is 11.4 Å². The van der Waals surface area contributed by atoms with Gasteiger partial charge in [0.15, 0.2) is 0 Å². The molecular weight excluding hydrogens is 421 g/mol. The molecule has 0 spiro atoms. The maximum Gasteiger partial charge on any atom is 0.321 e. The lowest BCUT2D eigenvalue weighted by molar-refractivity contribution is 0.144. The Labute approximate surface area is 186 Å². The van der Waals surface area contributed by atoms with Gasteiger partial charge in [0.1, 0.15) is 5.82 Å². The number of nitrogens with one attached hydrogen (secondary N) is 1. The molecule has 4 rings (SSSR count). The number of anilines is 1. The van der Waals surface area contributed by atoms with Gasteiger partial charge in [0.25, 0.3) is 0 Å². The fraction of sp³-hybridized carbons (Fsp3) is 0.273. The Kier molecular flexibility index (Phi) is 6.57. The third kappa shape index (κ3) is 4.95. The second-order valence-corrected chi connectivity index (χ2v) is 8.01. The number of piperazine rings is 1. The number of amides is 2. The van der Waals surface area contributed by atoms with Crippen LogP contribution in [0.2, 0.25) is 10.0 Å². The Hall–Kier alpha value is -2.54. The van der Waals surface area contributed by atoms with Crippen LogP contribution in [0.1, 0.15) is 0 Å². The lowest BCUT2D eigenvalue weighted by atomic mass is 10.2. The first kappa shape index (κ1) is 20.7. The number of hydrogen-bond acceptors (Lipinski definition) is 3. The molecule has 2 heterocycles. The van der Waals surface area contributed by atoms with Gasteiger partial charge in [-0.3, -0.25) is 4.90 Å². The minimum atomic E-state index is -0.117. The number of rotatable bonds is 5. The molecule has 1 N–H and O–H groups in total. The van der Waals surface area contributed by atoms with Crippen molar-refractivity contribution < 1.29 is 4.79 Å². The standard InChI is InChI=1S/C22H23Cl2N5O/c23-19-7-6-18(16-20(19)24)26-22(30)29-14-11-27(12-15-29)10-13-28-9-8-25-21(28)17-4-2-1-3-5-17/h1-9,16H,10-15H2,(H,26,30). The number of urea groups is 1. The molecule has 156 valence electrons. The number of benzene rings is 2. The van der Waals surface area contributed by atoms with Crippen LogP contribution < -0.4 is 5.32 Å². The molecule has 2 amide bonds. The zero-order valence-electron chi connectivity index (χ0n) is 16.5. The van der Waals surface area contributed by atoms with Crippen molar-refractivity contribution in [1.82, 2.24) is 19.4 Å². The molecule has 1 aliphatic rings. The van der Waals surface area contributed by atoms with Gasteiger partial charge in [0, 0.05) is 62.9 Å². The molecule has 8 heteroatoms. The molecule has 2 aromatic carbocycles. The molecule has 30 heavy (non-hydrogen) atoms. The van der Waals surface area contributed by atoms with Crippen LogP contribution in [0.4, 0.5) is 10.5 Å². The SMILES string of the molecule is O=C(Nc1ccc(Cl)c(Cl)c1)N1CCN(CCn2ccnc2-c2ccccc2)CC1. The molecule has 1 aliphatic heterocycles. The summed E-state index contributed by atoms with van der Waals surface area (Å²) < 4.78 is 2.18. The molecule has 1 fully saturated rings. The molecule has 6 nitrogen and oxygen atoms in total. The van der Waals surface area contributed by atoms with E-state index in [4.69, 9.17) is 23.2 Å². The van der Waals surface area contributed by atoms with E-state index in [1.807, 2.05) is 35.5 Å². The Morgan fingerprint density at radius 3 is 2.47 bits per heavy atom. The summed E-state index contributed by atoms with van der Waals surface area (Å²) in [6.45, 7) is 4.82. The van der Waals surface area contributed by atoms with Gasteiger partial charge in [-0.25, -0.2) is 9.78 Å². The third-order valence-corrected chi connectivity index (χ3v) is 5.97. The molecule has 0 saturated carbocycles. The van der Waals surface area contributed by atoms with Gasteiger partial charge in [-0.2, -0.15) is 0 Å². The smallest absolute Gasteiger partial charge is 0.321 e. The van der Waals surface area contributed by atoms with Crippen molar-refractivity contribution in [2.45, 2.75) is 6.54 Å². The molecule has 0 atom stereocenters. The first-order valence-corrected chi connectivity index (χ1v) is 10.7. The van der Waals surface area contributed by atoms with Gasteiger partial charge in [-0.05, 0) is 18.2 Å². The summed E-state index contributed by atoms with van der Waals surface area (Å²) in [5.74, 6) is 0.982. The first-order valence-electron chi connectivity index (χ1n) is 9.90. The predicted octanol–water partition coefficient (Wildman–Crippen LogP) is 4.71. The van der Waals surface area contributed by atoms with E-state index < -0.39 is 0 Å². The number of nitrogens with zero attached hydrogens (tertiary/aromatic N) is 4. The summed E-state index contributed by atoms with van der Waals surface area (Å²) >= 11 is 11.9. The monoisotopic (exact) mass is 443 g/mol. The Morgan fingerprint density at radius 1 is 0.967 bits per heavy atom. The van der Waals surface area contributed by atoms with Crippen LogP contribution >= 0.6 is 23.2 Å². The normalized spacial score (nSPS) is 14.7. The maximum atomic E-state index is 12.5. The summed E-state index contributed by atoms with van der Waals surface area (Å²) in [5, 5.41) is 3.78. The van der Waals surface area contributed by atoms with E-state index in [0.717, 1.165) is 37.6 Å². The van der Waals surface area contributed by atoms with Gasteiger partial charge in [-0.1, -0.05) is 53.5 Å². The van der Waals surface area contributed by atoms with Gasteiger partial charge < -0.3 is 14.8 Å². The number of carbonyl (C=O) groups is 1. The lowest BCUT2D eigenvalue weighted by Gasteiger charge is -2.34. The summed E-state index contributed by atoms with van der Waals surface area (Å²) in [6.07, 6.45) is 3.86. The Bertz CT molecular complexity index is 1000. The number of carbonyl (C=O) groups excluding carboxylic acids is 1. The van der Waals surface area contributed by atoms with Gasteiger partial charge in [-0.15, -0.1) is 0 Å². The summed E-state index contributed by atoms with van der Waals surface area (Å²) in [4.78, 5) is 21.2. The van der Waals surface area contributed by atoms with Crippen molar-refractivity contribution in [2.24, 2.45) is 0 Å². The quantitative estimate of drug-likeness (QED) is 0.621. The highest BCUT2D eigenvalue weighted by molar-refractivity contribution is 6.42. The lowest BCUT2D eigenvalue weighted by Crippen LogP contribution is -2.50. The van der Waals surface area contributed by atoms with Crippen LogP contribution in [0.15, 0.2) is 60.9 Å². The molecule has 3 aromatic rings. The minimum absolute atomic E-state index is 0.117. The third-order valence-electron chi connectivity index (χ3n) is 5.23. The predicted molar refractivity (Wildman–Crippen MR) is 121 cm³/mol. The highest BCUT2D eigenvalue weighted by Crippen LogP contribution is 2.25. The molecule has 0 unspecified atom stereocenters. The number of imidazole rings is 1. The maximum absolute atomic E-state index is 12.5. The highest BCUT2D eigenvalue weighted by Gasteiger charge is 2.21. The van der Waals surface area contributed by atoms with Gasteiger partial charge in [0.2, 0.25) is 0 Å². The summed E-state index contributed by atoms with van der Waals surface area (Å²) in [5.41, 5.74) is 1.76. The van der Waals surface area contributed by atoms with E-state index in [1.165, 1.54) is 0 Å². The van der Waals surface area contributed by atoms with Crippen LogP contribution in [0, 0.1) is 0 Å². The molecule has 0 radical (unpaired) electrons. The average Bonchev–Trinajstić information content (AvgIpc) is 3.24. The van der Waals surface area contributed by atoms with Crippen LogP contribution in [0.3, 0.4) is 0 Å². The molecule has 0 bridgehead atoms. The van der Waals surface area contributed by atoms with Gasteiger partial charge >= 0.3 is 6.03 Å². The van der Waals surface area contributed by atoms with E-state index in [-0.39, 0.29) is 6.03 Å². The van der Waals surface area contributed by atoms with E-state index in [0.29, 0.717) is 28.8 Å². The van der Waals surface area contributed by atoms with Crippen LogP contribution in [0.25, 0.3) is 11.4 Å². The topological polar surface area (TPSA) is 53.4 Å².